The summed E-state index contributed by atoms with van der Waals surface area (Å²) in [4.78, 5) is 25.8. The zero-order valence-corrected chi connectivity index (χ0v) is 15.3. The number of nitrogens with zero attached hydrogens (tertiary/aromatic N) is 2. The third-order valence-electron chi connectivity index (χ3n) is 5.54. The molecule has 1 aromatic carbocycles. The molecule has 1 aliphatic heterocycles. The number of benzene rings is 1. The fourth-order valence-electron chi connectivity index (χ4n) is 3.84. The predicted octanol–water partition coefficient (Wildman–Crippen LogP) is 2.96. The standard InChI is InChI=1S/C20H21F2N3O3/c21-15-7-13-17(25(12-1-2-12)10-14(19(13)26)20(27)28)8-18(15)24-5-3-11(4-6-24)16(22)9-23/h7-8,10,12H,1-6,9,23H2,(H,27,28). The van der Waals surface area contributed by atoms with Gasteiger partial charge < -0.3 is 20.3 Å². The summed E-state index contributed by atoms with van der Waals surface area (Å²) in [5.74, 6) is -2.20. The van der Waals surface area contributed by atoms with Crippen molar-refractivity contribution in [3.05, 3.63) is 51.3 Å². The molecule has 8 heteroatoms. The molecule has 0 amide bonds. The number of carboxylic acids is 1. The van der Waals surface area contributed by atoms with Gasteiger partial charge in [-0.3, -0.25) is 4.79 Å². The maximum atomic E-state index is 14.8. The summed E-state index contributed by atoms with van der Waals surface area (Å²) in [6, 6.07) is 2.86. The van der Waals surface area contributed by atoms with Crippen LogP contribution in [0.4, 0.5) is 14.5 Å². The number of fused-ring (bicyclic) bond motifs is 1. The second-order valence-electron chi connectivity index (χ2n) is 7.34. The fourth-order valence-corrected chi connectivity index (χ4v) is 3.84. The Morgan fingerprint density at radius 2 is 1.93 bits per heavy atom. The Labute approximate surface area is 159 Å². The molecule has 0 radical (unpaired) electrons. The number of carbonyl (C=O) groups is 1. The van der Waals surface area contributed by atoms with Crippen LogP contribution in [0, 0.1) is 5.82 Å². The van der Waals surface area contributed by atoms with Crippen molar-refractivity contribution >= 4 is 22.6 Å². The number of anilines is 1. The summed E-state index contributed by atoms with van der Waals surface area (Å²) in [5.41, 5.74) is 5.86. The zero-order valence-electron chi connectivity index (χ0n) is 15.3. The van der Waals surface area contributed by atoms with Crippen molar-refractivity contribution in [3.63, 3.8) is 0 Å². The highest BCUT2D eigenvalue weighted by Gasteiger charge is 2.28. The van der Waals surface area contributed by atoms with Gasteiger partial charge in [-0.1, -0.05) is 0 Å². The minimum absolute atomic E-state index is 0.0693. The predicted molar refractivity (Wildman–Crippen MR) is 102 cm³/mol. The van der Waals surface area contributed by atoms with E-state index in [4.69, 9.17) is 5.73 Å². The molecule has 0 unspecified atom stereocenters. The van der Waals surface area contributed by atoms with Gasteiger partial charge in [-0.2, -0.15) is 0 Å². The second kappa shape index (κ2) is 7.01. The fraction of sp³-hybridized carbons (Fsp3) is 0.400. The number of carboxylic acid groups (broad SMARTS) is 1. The lowest BCUT2D eigenvalue weighted by Crippen LogP contribution is -2.32. The van der Waals surface area contributed by atoms with Gasteiger partial charge in [0.2, 0.25) is 5.43 Å². The molecule has 0 bridgehead atoms. The number of aromatic nitrogens is 1. The van der Waals surface area contributed by atoms with Crippen molar-refractivity contribution < 1.29 is 18.7 Å². The topological polar surface area (TPSA) is 88.6 Å². The first kappa shape index (κ1) is 18.6. The Morgan fingerprint density at radius 1 is 1.25 bits per heavy atom. The van der Waals surface area contributed by atoms with E-state index in [2.05, 4.69) is 0 Å². The normalized spacial score (nSPS) is 17.2. The molecule has 6 nitrogen and oxygen atoms in total. The van der Waals surface area contributed by atoms with E-state index >= 15 is 0 Å². The van der Waals surface area contributed by atoms with Crippen molar-refractivity contribution in [3.8, 4) is 0 Å². The number of nitrogens with two attached hydrogens (primary N) is 1. The van der Waals surface area contributed by atoms with Crippen LogP contribution >= 0.6 is 0 Å². The van der Waals surface area contributed by atoms with Crippen LogP contribution in [-0.4, -0.2) is 35.3 Å². The van der Waals surface area contributed by atoms with Gasteiger partial charge in [0.1, 0.15) is 17.2 Å². The quantitative estimate of drug-likeness (QED) is 0.839. The molecule has 1 aromatic heterocycles. The largest absolute Gasteiger partial charge is 0.477 e. The summed E-state index contributed by atoms with van der Waals surface area (Å²) in [7, 11) is 0. The van der Waals surface area contributed by atoms with E-state index in [1.807, 2.05) is 4.90 Å². The van der Waals surface area contributed by atoms with E-state index < -0.39 is 17.2 Å². The molecular formula is C20H21F2N3O3. The number of rotatable bonds is 4. The van der Waals surface area contributed by atoms with Crippen LogP contribution in [-0.2, 0) is 0 Å². The van der Waals surface area contributed by atoms with Crippen molar-refractivity contribution in [2.75, 3.05) is 24.5 Å². The third kappa shape index (κ3) is 3.17. The Balaban J connectivity index is 1.79. The smallest absolute Gasteiger partial charge is 0.341 e. The van der Waals surface area contributed by atoms with Gasteiger partial charge in [0.05, 0.1) is 11.2 Å². The molecule has 1 saturated carbocycles. The van der Waals surface area contributed by atoms with Gasteiger partial charge >= 0.3 is 5.97 Å². The number of aromatic carboxylic acids is 1. The lowest BCUT2D eigenvalue weighted by molar-refractivity contribution is 0.0695. The van der Waals surface area contributed by atoms with E-state index in [1.165, 1.54) is 6.20 Å². The second-order valence-corrected chi connectivity index (χ2v) is 7.34. The Morgan fingerprint density at radius 3 is 2.50 bits per heavy atom. The summed E-state index contributed by atoms with van der Waals surface area (Å²) < 4.78 is 30.3. The first-order chi connectivity index (χ1) is 13.4. The molecule has 0 spiro atoms. The van der Waals surface area contributed by atoms with Crippen LogP contribution in [0.2, 0.25) is 0 Å². The molecule has 4 rings (SSSR count). The average molecular weight is 389 g/mol. The zero-order chi connectivity index (χ0) is 20.0. The third-order valence-corrected chi connectivity index (χ3v) is 5.54. The van der Waals surface area contributed by atoms with Crippen LogP contribution in [0.3, 0.4) is 0 Å². The maximum absolute atomic E-state index is 14.8. The van der Waals surface area contributed by atoms with E-state index in [-0.39, 0.29) is 29.4 Å². The van der Waals surface area contributed by atoms with Crippen LogP contribution in [0.5, 0.6) is 0 Å². The summed E-state index contributed by atoms with van der Waals surface area (Å²) >= 11 is 0. The lowest BCUT2D eigenvalue weighted by atomic mass is 10.0. The SMILES string of the molecule is NCC(F)=C1CCN(c2cc3c(cc2F)c(=O)c(C(=O)O)cn3C2CC2)CC1. The molecule has 3 N–H and O–H groups in total. The highest BCUT2D eigenvalue weighted by molar-refractivity contribution is 5.93. The van der Waals surface area contributed by atoms with Crippen LogP contribution in [0.1, 0.15) is 42.1 Å². The summed E-state index contributed by atoms with van der Waals surface area (Å²) in [6.07, 6.45) is 4.07. The maximum Gasteiger partial charge on any atom is 0.341 e. The molecule has 2 heterocycles. The highest BCUT2D eigenvalue weighted by Crippen LogP contribution is 2.38. The number of pyridine rings is 1. The van der Waals surface area contributed by atoms with Gasteiger partial charge in [0.15, 0.2) is 0 Å². The number of hydrogen-bond donors (Lipinski definition) is 2. The minimum Gasteiger partial charge on any atom is -0.477 e. The average Bonchev–Trinajstić information content (AvgIpc) is 3.52. The van der Waals surface area contributed by atoms with Crippen LogP contribution in [0.15, 0.2) is 34.5 Å². The number of halogens is 2. The first-order valence-corrected chi connectivity index (χ1v) is 9.33. The van der Waals surface area contributed by atoms with Crippen molar-refractivity contribution in [2.45, 2.75) is 31.7 Å². The number of piperidine rings is 1. The Kier molecular flexibility index (Phi) is 4.66. The van der Waals surface area contributed by atoms with E-state index in [9.17, 15) is 23.5 Å². The molecular weight excluding hydrogens is 368 g/mol. The highest BCUT2D eigenvalue weighted by atomic mass is 19.1. The van der Waals surface area contributed by atoms with E-state index in [1.54, 1.807) is 10.6 Å². The summed E-state index contributed by atoms with van der Waals surface area (Å²) in [5, 5.41) is 9.38. The molecule has 148 valence electrons. The minimum atomic E-state index is -1.32. The van der Waals surface area contributed by atoms with Gasteiger partial charge in [-0.25, -0.2) is 13.6 Å². The van der Waals surface area contributed by atoms with Gasteiger partial charge in [0, 0.05) is 37.3 Å². The Bertz CT molecular complexity index is 1050. The summed E-state index contributed by atoms with van der Waals surface area (Å²) in [6.45, 7) is 0.775. The van der Waals surface area contributed by atoms with Crippen molar-refractivity contribution in [1.29, 1.82) is 0 Å². The van der Waals surface area contributed by atoms with E-state index in [0.29, 0.717) is 42.7 Å². The molecule has 28 heavy (non-hydrogen) atoms. The molecule has 2 aliphatic rings. The monoisotopic (exact) mass is 389 g/mol. The van der Waals surface area contributed by atoms with Crippen molar-refractivity contribution in [1.82, 2.24) is 4.57 Å². The van der Waals surface area contributed by atoms with E-state index in [0.717, 1.165) is 18.9 Å². The molecule has 2 aromatic rings. The number of hydrogen-bond acceptors (Lipinski definition) is 4. The molecule has 0 atom stereocenters. The lowest BCUT2D eigenvalue weighted by Gasteiger charge is -2.31. The first-order valence-electron chi connectivity index (χ1n) is 9.33. The Hall–Kier alpha value is -2.74. The molecule has 2 fully saturated rings. The molecule has 1 aliphatic carbocycles. The van der Waals surface area contributed by atoms with Crippen molar-refractivity contribution in [2.24, 2.45) is 5.73 Å². The molecule has 1 saturated heterocycles. The van der Waals surface area contributed by atoms with Gasteiger partial charge in [-0.05, 0) is 43.4 Å². The van der Waals surface area contributed by atoms with Gasteiger partial charge in [0.25, 0.3) is 0 Å². The van der Waals surface area contributed by atoms with Crippen LogP contribution < -0.4 is 16.1 Å². The van der Waals surface area contributed by atoms with Crippen LogP contribution in [0.25, 0.3) is 10.9 Å². The van der Waals surface area contributed by atoms with Gasteiger partial charge in [-0.15, -0.1) is 0 Å².